The number of amides is 1. The maximum atomic E-state index is 12.1. The number of nitrogens with one attached hydrogen (secondary N) is 1. The molecule has 0 spiro atoms. The van der Waals surface area contributed by atoms with Crippen molar-refractivity contribution in [2.24, 2.45) is 5.41 Å². The summed E-state index contributed by atoms with van der Waals surface area (Å²) in [7, 11) is 0. The number of aromatic nitrogens is 1. The first-order valence-electron chi connectivity index (χ1n) is 7.29. The number of carboxylic acids is 1. The van der Waals surface area contributed by atoms with Crippen LogP contribution in [0.3, 0.4) is 0 Å². The number of hydrogen-bond acceptors (Lipinski definition) is 4. The topological polar surface area (TPSA) is 92.4 Å². The molecule has 0 bridgehead atoms. The van der Waals surface area contributed by atoms with Gasteiger partial charge in [-0.1, -0.05) is 11.6 Å². The minimum Gasteiger partial charge on any atom is -0.481 e. The van der Waals surface area contributed by atoms with E-state index in [1.54, 1.807) is 6.92 Å². The molecule has 0 aromatic carbocycles. The summed E-state index contributed by atoms with van der Waals surface area (Å²) in [5.74, 6) is -0.220. The Morgan fingerprint density at radius 3 is 2.76 bits per heavy atom. The summed E-state index contributed by atoms with van der Waals surface area (Å²) in [6.45, 7) is 5.38. The highest BCUT2D eigenvalue weighted by atomic mass is 16.5. The highest BCUT2D eigenvalue weighted by molar-refractivity contribution is 5.80. The number of aliphatic carboxylic acids is 1. The molecule has 0 saturated heterocycles. The molecule has 2 atom stereocenters. The van der Waals surface area contributed by atoms with Crippen molar-refractivity contribution in [2.75, 3.05) is 0 Å². The molecule has 0 aliphatic heterocycles. The van der Waals surface area contributed by atoms with E-state index < -0.39 is 11.4 Å². The molecule has 2 N–H and O–H groups in total. The summed E-state index contributed by atoms with van der Waals surface area (Å²) in [5.41, 5.74) is 0.910. The van der Waals surface area contributed by atoms with Gasteiger partial charge in [0, 0.05) is 18.0 Å². The SMILES string of the molecule is Cc1noc(C)c1CCC(=O)NC1CCCC1(C)C(=O)O. The number of carboxylic acid groups (broad SMARTS) is 1. The lowest BCUT2D eigenvalue weighted by Crippen LogP contribution is -2.47. The van der Waals surface area contributed by atoms with Crippen LogP contribution in [0, 0.1) is 19.3 Å². The number of carbonyl (C=O) groups is 2. The number of nitrogens with zero attached hydrogens (tertiary/aromatic N) is 1. The summed E-state index contributed by atoms with van der Waals surface area (Å²) in [5, 5.41) is 16.1. The van der Waals surface area contributed by atoms with Crippen LogP contribution in [0.15, 0.2) is 4.52 Å². The molecule has 1 aromatic rings. The first-order chi connectivity index (χ1) is 9.84. The summed E-state index contributed by atoms with van der Waals surface area (Å²) in [6.07, 6.45) is 3.03. The van der Waals surface area contributed by atoms with E-state index in [0.717, 1.165) is 29.9 Å². The standard InChI is InChI=1S/C15H22N2O4/c1-9-11(10(2)21-17-9)6-7-13(18)16-12-5-4-8-15(12,3)14(19)20/h12H,4-8H2,1-3H3,(H,16,18)(H,19,20). The molecule has 116 valence electrons. The van der Waals surface area contributed by atoms with Crippen molar-refractivity contribution in [1.82, 2.24) is 10.5 Å². The summed E-state index contributed by atoms with van der Waals surface area (Å²) >= 11 is 0. The molecule has 2 unspecified atom stereocenters. The first-order valence-corrected chi connectivity index (χ1v) is 7.29. The Hall–Kier alpha value is -1.85. The maximum Gasteiger partial charge on any atom is 0.311 e. The molecule has 0 radical (unpaired) electrons. The Labute approximate surface area is 123 Å². The van der Waals surface area contributed by atoms with Gasteiger partial charge in [-0.2, -0.15) is 0 Å². The number of aryl methyl sites for hydroxylation is 2. The lowest BCUT2D eigenvalue weighted by Gasteiger charge is -2.27. The normalized spacial score (nSPS) is 25.0. The maximum absolute atomic E-state index is 12.1. The smallest absolute Gasteiger partial charge is 0.311 e. The lowest BCUT2D eigenvalue weighted by atomic mass is 9.85. The van der Waals surface area contributed by atoms with Crippen LogP contribution in [0.2, 0.25) is 0 Å². The van der Waals surface area contributed by atoms with E-state index in [2.05, 4.69) is 10.5 Å². The average molecular weight is 294 g/mol. The quantitative estimate of drug-likeness (QED) is 0.866. The second-order valence-corrected chi connectivity index (χ2v) is 6.04. The Balaban J connectivity index is 1.92. The van der Waals surface area contributed by atoms with Crippen molar-refractivity contribution < 1.29 is 19.2 Å². The van der Waals surface area contributed by atoms with Gasteiger partial charge in [0.05, 0.1) is 11.1 Å². The summed E-state index contributed by atoms with van der Waals surface area (Å²) < 4.78 is 5.07. The fourth-order valence-corrected chi connectivity index (χ4v) is 3.02. The van der Waals surface area contributed by atoms with Gasteiger partial charge in [-0.25, -0.2) is 0 Å². The Kier molecular flexibility index (Phi) is 4.34. The highest BCUT2D eigenvalue weighted by Crippen LogP contribution is 2.38. The Morgan fingerprint density at radius 2 is 2.19 bits per heavy atom. The third-order valence-electron chi connectivity index (χ3n) is 4.57. The van der Waals surface area contributed by atoms with Gasteiger partial charge in [-0.3, -0.25) is 9.59 Å². The highest BCUT2D eigenvalue weighted by Gasteiger charge is 2.45. The molecule has 6 heteroatoms. The van der Waals surface area contributed by atoms with Gasteiger partial charge < -0.3 is 14.9 Å². The molecule has 6 nitrogen and oxygen atoms in total. The molecule has 1 fully saturated rings. The minimum absolute atomic E-state index is 0.116. The average Bonchev–Trinajstić information content (AvgIpc) is 2.93. The molecule has 21 heavy (non-hydrogen) atoms. The van der Waals surface area contributed by atoms with Crippen LogP contribution in [0.1, 0.15) is 49.6 Å². The zero-order valence-electron chi connectivity index (χ0n) is 12.7. The first kappa shape index (κ1) is 15.5. The predicted molar refractivity (Wildman–Crippen MR) is 75.8 cm³/mol. The van der Waals surface area contributed by atoms with Gasteiger partial charge in [-0.05, 0) is 40.0 Å². The van der Waals surface area contributed by atoms with Crippen LogP contribution in [-0.4, -0.2) is 28.2 Å². The molecule has 1 heterocycles. The second kappa shape index (κ2) is 5.87. The number of carbonyl (C=O) groups excluding carboxylic acids is 1. The van der Waals surface area contributed by atoms with Gasteiger partial charge in [0.15, 0.2) is 0 Å². The minimum atomic E-state index is -0.849. The lowest BCUT2D eigenvalue weighted by molar-refractivity contribution is -0.149. The van der Waals surface area contributed by atoms with E-state index in [-0.39, 0.29) is 11.9 Å². The fourth-order valence-electron chi connectivity index (χ4n) is 3.02. The fraction of sp³-hybridized carbons (Fsp3) is 0.667. The molecule has 1 aliphatic carbocycles. The zero-order valence-corrected chi connectivity index (χ0v) is 12.7. The van der Waals surface area contributed by atoms with Gasteiger partial charge >= 0.3 is 5.97 Å². The van der Waals surface area contributed by atoms with Crippen LogP contribution in [-0.2, 0) is 16.0 Å². The summed E-state index contributed by atoms with van der Waals surface area (Å²) in [6, 6.07) is -0.285. The van der Waals surface area contributed by atoms with Crippen molar-refractivity contribution in [3.05, 3.63) is 17.0 Å². The summed E-state index contributed by atoms with van der Waals surface area (Å²) in [4.78, 5) is 23.4. The molecule has 1 amide bonds. The number of hydrogen-bond donors (Lipinski definition) is 2. The number of rotatable bonds is 5. The van der Waals surface area contributed by atoms with Crippen molar-refractivity contribution in [3.8, 4) is 0 Å². The van der Waals surface area contributed by atoms with Crippen molar-refractivity contribution >= 4 is 11.9 Å². The Morgan fingerprint density at radius 1 is 1.48 bits per heavy atom. The van der Waals surface area contributed by atoms with Crippen molar-refractivity contribution in [1.29, 1.82) is 0 Å². The largest absolute Gasteiger partial charge is 0.481 e. The third-order valence-corrected chi connectivity index (χ3v) is 4.57. The Bertz CT molecular complexity index is 532. The van der Waals surface area contributed by atoms with E-state index in [1.807, 2.05) is 13.8 Å². The molecule has 1 aromatic heterocycles. The molecular formula is C15H22N2O4. The molecule has 1 aliphatic rings. The zero-order chi connectivity index (χ0) is 15.6. The molecular weight excluding hydrogens is 272 g/mol. The van der Waals surface area contributed by atoms with Gasteiger partial charge in [-0.15, -0.1) is 0 Å². The van der Waals surface area contributed by atoms with E-state index in [1.165, 1.54) is 0 Å². The third kappa shape index (κ3) is 3.09. The molecule has 1 saturated carbocycles. The van der Waals surface area contributed by atoms with Crippen molar-refractivity contribution in [3.63, 3.8) is 0 Å². The van der Waals surface area contributed by atoms with Crippen LogP contribution in [0.5, 0.6) is 0 Å². The van der Waals surface area contributed by atoms with E-state index >= 15 is 0 Å². The van der Waals surface area contributed by atoms with Gasteiger partial charge in [0.25, 0.3) is 0 Å². The van der Waals surface area contributed by atoms with E-state index in [4.69, 9.17) is 4.52 Å². The van der Waals surface area contributed by atoms with E-state index in [9.17, 15) is 14.7 Å². The van der Waals surface area contributed by atoms with Crippen LogP contribution >= 0.6 is 0 Å². The molecule has 2 rings (SSSR count). The van der Waals surface area contributed by atoms with Gasteiger partial charge in [0.1, 0.15) is 5.76 Å². The van der Waals surface area contributed by atoms with Crippen LogP contribution in [0.25, 0.3) is 0 Å². The second-order valence-electron chi connectivity index (χ2n) is 6.04. The van der Waals surface area contributed by atoms with Crippen LogP contribution in [0.4, 0.5) is 0 Å². The van der Waals surface area contributed by atoms with Crippen LogP contribution < -0.4 is 5.32 Å². The predicted octanol–water partition coefficient (Wildman–Crippen LogP) is 1.98. The van der Waals surface area contributed by atoms with E-state index in [0.29, 0.717) is 19.3 Å². The van der Waals surface area contributed by atoms with Gasteiger partial charge in [0.2, 0.25) is 5.91 Å². The van der Waals surface area contributed by atoms with Crippen molar-refractivity contribution in [2.45, 2.75) is 58.9 Å². The monoisotopic (exact) mass is 294 g/mol.